The van der Waals surface area contributed by atoms with Gasteiger partial charge in [-0.25, -0.2) is 34.7 Å². The van der Waals surface area contributed by atoms with Crippen LogP contribution in [0.2, 0.25) is 0 Å². The van der Waals surface area contributed by atoms with E-state index in [0.29, 0.717) is 42.3 Å². The van der Waals surface area contributed by atoms with Gasteiger partial charge in [0.15, 0.2) is 5.01 Å². The number of phenols is 1. The number of nitrogens with two attached hydrogens (primary N) is 1. The molecule has 7 amide bonds. The molecule has 5 unspecified atom stereocenters. The van der Waals surface area contributed by atoms with Crippen molar-refractivity contribution in [2.45, 2.75) is 70.6 Å². The summed E-state index contributed by atoms with van der Waals surface area (Å²) >= 11 is 6.54. The van der Waals surface area contributed by atoms with Gasteiger partial charge in [-0.2, -0.15) is 4.73 Å². The van der Waals surface area contributed by atoms with Crippen LogP contribution in [-0.4, -0.2) is 93.5 Å². The molecule has 10 rings (SSSR count). The molecule has 0 spiro atoms. The van der Waals surface area contributed by atoms with Crippen LogP contribution in [0.3, 0.4) is 0 Å². The number of nitrogens with one attached hydrogen (secondary N) is 6. The molecule has 5 atom stereocenters. The molecule has 0 radical (unpaired) electrons. The van der Waals surface area contributed by atoms with Crippen LogP contribution in [0.15, 0.2) is 118 Å². The van der Waals surface area contributed by atoms with Crippen molar-refractivity contribution in [1.29, 1.82) is 0 Å². The fraction of sp³-hybridized carbons (Fsp3) is 0.203. The monoisotopic (exact) mass is 1320 g/mol. The van der Waals surface area contributed by atoms with E-state index in [-0.39, 0.29) is 85.0 Å². The third-order valence-electron chi connectivity index (χ3n) is 14.0. The fourth-order valence-corrected chi connectivity index (χ4v) is 14.4. The van der Waals surface area contributed by atoms with Crippen molar-refractivity contribution in [2.24, 2.45) is 11.7 Å². The number of fused-ring (bicyclic) bond motifs is 14. The van der Waals surface area contributed by atoms with Gasteiger partial charge in [0.25, 0.3) is 40.9 Å². The number of primary amides is 1. The Bertz CT molecular complexity index is 4300. The molecule has 10 N–H and O–H groups in total. The molecule has 31 heteroatoms. The average Bonchev–Trinajstić information content (AvgIpc) is 1.76. The number of pyridine rings is 1. The molecule has 0 fully saturated rings. The normalized spacial score (nSPS) is 16.5. The van der Waals surface area contributed by atoms with Crippen molar-refractivity contribution in [3.05, 3.63) is 177 Å². The molecular weight excluding hydrogens is 1270 g/mol. The van der Waals surface area contributed by atoms with Crippen molar-refractivity contribution < 1.29 is 53.3 Å². The van der Waals surface area contributed by atoms with Crippen LogP contribution in [0, 0.1) is 18.0 Å². The highest BCUT2D eigenvalue weighted by atomic mass is 32.1. The minimum Gasteiger partial charge on any atom is -0.618 e. The Morgan fingerprint density at radius 1 is 0.667 bits per heavy atom. The Morgan fingerprint density at radius 3 is 2.00 bits per heavy atom. The largest absolute Gasteiger partial charge is 0.618 e. The molecule has 0 saturated carbocycles. The number of nitrogens with zero attached hydrogens (tertiary/aromatic N) is 7. The molecule has 10 bridgehead atoms. The predicted octanol–water partition coefficient (Wildman–Crippen LogP) is 7.32. The highest BCUT2D eigenvalue weighted by Gasteiger charge is 2.34. The van der Waals surface area contributed by atoms with Crippen LogP contribution in [-0.2, 0) is 32.0 Å². The summed E-state index contributed by atoms with van der Waals surface area (Å²) in [6, 6.07) is 14.7. The molecular formula is C59H52N14O11S6. The van der Waals surface area contributed by atoms with Crippen LogP contribution < -0.4 is 42.4 Å². The Kier molecular flexibility index (Phi) is 19.2. The van der Waals surface area contributed by atoms with Gasteiger partial charge in [-0.05, 0) is 48.6 Å². The molecule has 90 heavy (non-hydrogen) atoms. The molecule has 460 valence electrons. The number of carbonyl (C=O) groups excluding carboxylic acids is 7. The summed E-state index contributed by atoms with van der Waals surface area (Å²) < 4.78 is 0.549. The summed E-state index contributed by atoms with van der Waals surface area (Å²) in [5.41, 5.74) is 6.31. The van der Waals surface area contributed by atoms with E-state index in [1.54, 1.807) is 35.9 Å². The quantitative estimate of drug-likeness (QED) is 0.0292. The summed E-state index contributed by atoms with van der Waals surface area (Å²) in [6.45, 7) is 12.3. The molecule has 2 aromatic carbocycles. The highest BCUT2D eigenvalue weighted by molar-refractivity contribution is 7.15. The lowest BCUT2D eigenvalue weighted by atomic mass is 9.98. The van der Waals surface area contributed by atoms with Gasteiger partial charge in [-0.3, -0.25) is 33.6 Å². The number of rotatable bonds is 14. The van der Waals surface area contributed by atoms with Crippen LogP contribution in [0.1, 0.15) is 118 Å². The summed E-state index contributed by atoms with van der Waals surface area (Å²) in [7, 11) is 0. The van der Waals surface area contributed by atoms with Gasteiger partial charge in [0.1, 0.15) is 76.7 Å². The minimum atomic E-state index is -1.50. The van der Waals surface area contributed by atoms with E-state index in [2.05, 4.69) is 54.7 Å². The van der Waals surface area contributed by atoms with E-state index < -0.39 is 89.3 Å². The zero-order valence-corrected chi connectivity index (χ0v) is 52.5. The smallest absolute Gasteiger partial charge is 0.351 e. The molecule has 1 aliphatic heterocycles. The number of carboxylic acids is 1. The zero-order valence-electron chi connectivity index (χ0n) is 47.6. The van der Waals surface area contributed by atoms with Crippen LogP contribution in [0.4, 0.5) is 0 Å². The molecule has 0 saturated heterocycles. The molecule has 1 aliphatic rings. The number of benzene rings is 2. The van der Waals surface area contributed by atoms with E-state index in [1.165, 1.54) is 45.7 Å². The molecule has 25 nitrogen and oxygen atoms in total. The first-order valence-corrected chi connectivity index (χ1v) is 32.4. The predicted molar refractivity (Wildman–Crippen MR) is 338 cm³/mol. The zero-order chi connectivity index (χ0) is 64.1. The number of carboxylic acid groups (broad SMARTS) is 1. The molecule has 7 aromatic heterocycles. The van der Waals surface area contributed by atoms with E-state index in [0.717, 1.165) is 62.2 Å². The second-order valence-electron chi connectivity index (χ2n) is 20.3. The summed E-state index contributed by atoms with van der Waals surface area (Å²) in [4.78, 5) is 136. The maximum Gasteiger partial charge on any atom is 0.351 e. The molecule has 0 aliphatic carbocycles. The average molecular weight is 1330 g/mol. The fourth-order valence-electron chi connectivity index (χ4n) is 9.15. The number of thiazole rings is 6. The second-order valence-corrected chi connectivity index (χ2v) is 25.9. The SMILES string of the molecule is C=C(NC(=O)C(=C)NC(=O)c1csc(-c2ccc3c([n+]2[O-])-c2csc(n2)-c2csc(n2)C(C(C)CC)NC(=O)C(Cc2ccc(O)cc2)NC(=O)c2csc(n2)C(Cc2ccccc2)NC(=O)c2nc(sc2C)C(CC(N)=O)NC(=O)c2csc-3n2)n1)C(=O)O. The van der Waals surface area contributed by atoms with E-state index in [4.69, 9.17) is 25.8 Å². The minimum absolute atomic E-state index is 0.00672. The first-order valence-electron chi connectivity index (χ1n) is 27.2. The topological polar surface area (TPSA) is 379 Å². The number of amides is 7. The van der Waals surface area contributed by atoms with E-state index in [9.17, 15) is 43.5 Å². The Labute approximate surface area is 535 Å². The lowest BCUT2D eigenvalue weighted by Gasteiger charge is -2.26. The van der Waals surface area contributed by atoms with Crippen LogP contribution >= 0.6 is 68.0 Å². The van der Waals surface area contributed by atoms with Gasteiger partial charge in [0, 0.05) is 44.3 Å². The number of hydrogen-bond donors (Lipinski definition) is 9. The second kappa shape index (κ2) is 27.3. The number of hydrogen-bond acceptors (Lipinski definition) is 22. The molecule has 9 aromatic rings. The third kappa shape index (κ3) is 14.4. The van der Waals surface area contributed by atoms with Crippen molar-refractivity contribution in [3.8, 4) is 49.1 Å². The van der Waals surface area contributed by atoms with Crippen LogP contribution in [0.25, 0.3) is 43.4 Å². The maximum atomic E-state index is 15.0. The van der Waals surface area contributed by atoms with Gasteiger partial charge in [-0.1, -0.05) is 75.9 Å². The Hall–Kier alpha value is -9.79. The van der Waals surface area contributed by atoms with Crippen molar-refractivity contribution >= 4 is 115 Å². The number of aliphatic carboxylic acids is 1. The Balaban J connectivity index is 1.05. The van der Waals surface area contributed by atoms with E-state index in [1.807, 2.05) is 49.5 Å². The van der Waals surface area contributed by atoms with Gasteiger partial charge in [0.2, 0.25) is 11.8 Å². The first-order chi connectivity index (χ1) is 43.1. The number of aromatic hydroxyl groups is 1. The number of carbonyl (C=O) groups is 8. The lowest BCUT2D eigenvalue weighted by Crippen LogP contribution is -2.49. The summed E-state index contributed by atoms with van der Waals surface area (Å²) in [6.07, 6.45) is 0.425. The standard InChI is InChI=1S/C59H52N14O11S6/c1-6-26(2)44-58-70-41(25-89-58)55-66-37(21-86-55)46-33(16-17-42(73(46)84)57-69-38(24-88-57)49(78)61-27(3)47(76)62-28(4)59(82)83)53-67-39(22-85-53)51(80)64-36(20-43(60)75)56-72-45(29(5)90-56)52(81)65-35(19-30-10-8-7-9-11-30)54-68-40(23-87-54)50(79)63-34(48(77)71-44)18-31-12-14-32(74)15-13-31/h7-17,21-26,34-36,44,74H,3-4,6,18-20H2,1-2,5H3,(H2,60,75)(H,61,78)(H,62,76)(H,63,79)(H,64,80)(H,65,81)(H,71,77)(H,82,83). The molecule has 8 heterocycles. The lowest BCUT2D eigenvalue weighted by molar-refractivity contribution is -0.581. The summed E-state index contributed by atoms with van der Waals surface area (Å²) in [5, 5.41) is 59.8. The third-order valence-corrected chi connectivity index (χ3v) is 19.6. The van der Waals surface area contributed by atoms with Crippen LogP contribution in [0.5, 0.6) is 5.75 Å². The van der Waals surface area contributed by atoms with E-state index >= 15 is 5.21 Å². The number of aryl methyl sites for hydroxylation is 1. The van der Waals surface area contributed by atoms with Crippen molar-refractivity contribution in [2.75, 3.05) is 0 Å². The Morgan fingerprint density at radius 2 is 1.28 bits per heavy atom. The van der Waals surface area contributed by atoms with Gasteiger partial charge >= 0.3 is 5.97 Å². The summed E-state index contributed by atoms with van der Waals surface area (Å²) in [5.74, 6) is -7.02. The first kappa shape index (κ1) is 63.2. The number of phenolic OH excluding ortho intramolecular Hbond substituents is 1. The maximum absolute atomic E-state index is 15.0. The van der Waals surface area contributed by atoms with Gasteiger partial charge in [0.05, 0.1) is 35.8 Å². The van der Waals surface area contributed by atoms with Gasteiger partial charge < -0.3 is 53.1 Å². The highest BCUT2D eigenvalue weighted by Crippen LogP contribution is 2.39. The van der Waals surface area contributed by atoms with Crippen molar-refractivity contribution in [1.82, 2.24) is 61.8 Å². The van der Waals surface area contributed by atoms with Crippen molar-refractivity contribution in [3.63, 3.8) is 0 Å². The van der Waals surface area contributed by atoms with Gasteiger partial charge in [-0.15, -0.1) is 68.0 Å². The number of aromatic nitrogens is 7.